The third-order valence-electron chi connectivity index (χ3n) is 4.36. The van der Waals surface area contributed by atoms with Gasteiger partial charge in [0.15, 0.2) is 6.29 Å². The second-order valence-electron chi connectivity index (χ2n) is 6.08. The van der Waals surface area contributed by atoms with E-state index in [1.165, 1.54) is 19.7 Å². The quantitative estimate of drug-likeness (QED) is 0.712. The number of aromatic amines is 1. The summed E-state index contributed by atoms with van der Waals surface area (Å²) in [6, 6.07) is 12.8. The smallest absolute Gasteiger partial charge is 0.242 e. The second kappa shape index (κ2) is 6.46. The molecule has 1 aromatic heterocycles. The van der Waals surface area contributed by atoms with Gasteiger partial charge < -0.3 is 4.98 Å². The summed E-state index contributed by atoms with van der Waals surface area (Å²) in [5, 5.41) is 0.604. The number of sulfonamides is 1. The van der Waals surface area contributed by atoms with Gasteiger partial charge in [-0.1, -0.05) is 31.2 Å². The van der Waals surface area contributed by atoms with Gasteiger partial charge >= 0.3 is 0 Å². The molecule has 2 aromatic carbocycles. The lowest BCUT2D eigenvalue weighted by Gasteiger charge is -2.11. The summed E-state index contributed by atoms with van der Waals surface area (Å²) in [4.78, 5) is 15.1. The van der Waals surface area contributed by atoms with Crippen LogP contribution in [0.2, 0.25) is 0 Å². The van der Waals surface area contributed by atoms with Crippen LogP contribution in [0.5, 0.6) is 0 Å². The van der Waals surface area contributed by atoms with Crippen LogP contribution in [0.3, 0.4) is 0 Å². The first-order valence-corrected chi connectivity index (χ1v) is 9.45. The summed E-state index contributed by atoms with van der Waals surface area (Å²) in [6.07, 6.45) is 1.72. The van der Waals surface area contributed by atoms with Crippen molar-refractivity contribution in [2.75, 3.05) is 14.1 Å². The summed E-state index contributed by atoms with van der Waals surface area (Å²) in [7, 11) is -0.586. The highest BCUT2D eigenvalue weighted by Gasteiger charge is 2.20. The van der Waals surface area contributed by atoms with Gasteiger partial charge in [0.05, 0.1) is 10.6 Å². The standard InChI is InChI=1S/C19H20N2O3S/c1-4-13-5-7-14(8-6-13)19-17(12-22)16-11-15(9-10-18(16)20-19)25(23,24)21(2)3/h5-12,20H,4H2,1-3H3. The molecule has 0 radical (unpaired) electrons. The minimum atomic E-state index is -3.55. The van der Waals surface area contributed by atoms with Crippen LogP contribution < -0.4 is 0 Å². The van der Waals surface area contributed by atoms with E-state index in [2.05, 4.69) is 11.9 Å². The molecule has 130 valence electrons. The predicted molar refractivity (Wildman–Crippen MR) is 99.4 cm³/mol. The van der Waals surface area contributed by atoms with Gasteiger partial charge in [-0.15, -0.1) is 0 Å². The average Bonchev–Trinajstić information content (AvgIpc) is 2.99. The van der Waals surface area contributed by atoms with Gasteiger partial charge in [-0.05, 0) is 35.7 Å². The number of nitrogens with one attached hydrogen (secondary N) is 1. The average molecular weight is 356 g/mol. The normalized spacial score (nSPS) is 12.0. The first kappa shape index (κ1) is 17.4. The Morgan fingerprint density at radius 3 is 2.32 bits per heavy atom. The number of nitrogens with zero attached hydrogens (tertiary/aromatic N) is 1. The number of carbonyl (C=O) groups is 1. The Morgan fingerprint density at radius 2 is 1.76 bits per heavy atom. The Balaban J connectivity index is 2.20. The Kier molecular flexibility index (Phi) is 4.49. The van der Waals surface area contributed by atoms with E-state index in [1.54, 1.807) is 18.2 Å². The minimum absolute atomic E-state index is 0.167. The molecule has 1 N–H and O–H groups in total. The van der Waals surface area contributed by atoms with Crippen LogP contribution in [0, 0.1) is 0 Å². The molecule has 0 atom stereocenters. The van der Waals surface area contributed by atoms with E-state index < -0.39 is 10.0 Å². The van der Waals surface area contributed by atoms with Crippen molar-refractivity contribution in [2.45, 2.75) is 18.2 Å². The lowest BCUT2D eigenvalue weighted by Crippen LogP contribution is -2.22. The highest BCUT2D eigenvalue weighted by molar-refractivity contribution is 7.89. The Labute approximate surface area is 147 Å². The SMILES string of the molecule is CCc1ccc(-c2[nH]c3ccc(S(=O)(=O)N(C)C)cc3c2C=O)cc1. The Bertz CT molecular complexity index is 1030. The van der Waals surface area contributed by atoms with Gasteiger partial charge in [0.1, 0.15) is 0 Å². The van der Waals surface area contributed by atoms with Crippen LogP contribution in [0.4, 0.5) is 0 Å². The molecule has 25 heavy (non-hydrogen) atoms. The van der Waals surface area contributed by atoms with Crippen LogP contribution in [0.1, 0.15) is 22.8 Å². The van der Waals surface area contributed by atoms with Crippen molar-refractivity contribution in [1.82, 2.24) is 9.29 Å². The Hall–Kier alpha value is -2.44. The molecule has 0 saturated heterocycles. The number of hydrogen-bond acceptors (Lipinski definition) is 3. The van der Waals surface area contributed by atoms with E-state index in [0.717, 1.165) is 28.1 Å². The van der Waals surface area contributed by atoms with Crippen molar-refractivity contribution in [3.8, 4) is 11.3 Å². The molecule has 3 aromatic rings. The largest absolute Gasteiger partial charge is 0.354 e. The molecule has 0 bridgehead atoms. The third kappa shape index (κ3) is 2.99. The fraction of sp³-hybridized carbons (Fsp3) is 0.211. The van der Waals surface area contributed by atoms with Crippen molar-refractivity contribution in [3.63, 3.8) is 0 Å². The third-order valence-corrected chi connectivity index (χ3v) is 6.17. The zero-order chi connectivity index (χ0) is 18.2. The molecular formula is C19H20N2O3S. The summed E-state index contributed by atoms with van der Waals surface area (Å²) >= 11 is 0. The van der Waals surface area contributed by atoms with Crippen LogP contribution >= 0.6 is 0 Å². The topological polar surface area (TPSA) is 70.2 Å². The lowest BCUT2D eigenvalue weighted by atomic mass is 10.0. The molecule has 0 aliphatic heterocycles. The van der Waals surface area contributed by atoms with E-state index in [1.807, 2.05) is 24.3 Å². The van der Waals surface area contributed by atoms with Gasteiger partial charge in [-0.3, -0.25) is 4.79 Å². The molecule has 6 heteroatoms. The summed E-state index contributed by atoms with van der Waals surface area (Å²) < 4.78 is 25.9. The minimum Gasteiger partial charge on any atom is -0.354 e. The Morgan fingerprint density at radius 1 is 1.08 bits per heavy atom. The number of hydrogen-bond donors (Lipinski definition) is 1. The van der Waals surface area contributed by atoms with Crippen molar-refractivity contribution in [1.29, 1.82) is 0 Å². The zero-order valence-electron chi connectivity index (χ0n) is 14.4. The van der Waals surface area contributed by atoms with E-state index >= 15 is 0 Å². The van der Waals surface area contributed by atoms with Gasteiger partial charge in [0.25, 0.3) is 0 Å². The molecule has 5 nitrogen and oxygen atoms in total. The van der Waals surface area contributed by atoms with Gasteiger partial charge in [-0.2, -0.15) is 0 Å². The predicted octanol–water partition coefficient (Wildman–Crippen LogP) is 3.46. The molecule has 0 spiro atoms. The number of benzene rings is 2. The van der Waals surface area contributed by atoms with Crippen LogP contribution in [-0.4, -0.2) is 38.1 Å². The number of carbonyl (C=O) groups excluding carboxylic acids is 1. The highest BCUT2D eigenvalue weighted by Crippen LogP contribution is 2.31. The molecule has 0 unspecified atom stereocenters. The van der Waals surface area contributed by atoms with Crippen LogP contribution in [0.25, 0.3) is 22.2 Å². The molecule has 0 saturated carbocycles. The zero-order valence-corrected chi connectivity index (χ0v) is 15.2. The first-order chi connectivity index (χ1) is 11.9. The van der Waals surface area contributed by atoms with Gasteiger partial charge in [0.2, 0.25) is 10.0 Å². The fourth-order valence-electron chi connectivity index (χ4n) is 2.82. The van der Waals surface area contributed by atoms with Crippen molar-refractivity contribution < 1.29 is 13.2 Å². The maximum absolute atomic E-state index is 12.3. The molecule has 1 heterocycles. The van der Waals surface area contributed by atoms with Crippen molar-refractivity contribution in [2.24, 2.45) is 0 Å². The molecule has 0 fully saturated rings. The maximum Gasteiger partial charge on any atom is 0.242 e. The highest BCUT2D eigenvalue weighted by atomic mass is 32.2. The molecule has 0 amide bonds. The molecule has 0 aliphatic carbocycles. The van der Waals surface area contributed by atoms with Gasteiger partial charge in [0, 0.05) is 30.6 Å². The monoisotopic (exact) mass is 356 g/mol. The fourth-order valence-corrected chi connectivity index (χ4v) is 3.75. The lowest BCUT2D eigenvalue weighted by molar-refractivity contribution is 0.112. The number of fused-ring (bicyclic) bond motifs is 1. The van der Waals surface area contributed by atoms with E-state index in [0.29, 0.717) is 16.6 Å². The maximum atomic E-state index is 12.3. The van der Waals surface area contributed by atoms with Crippen LogP contribution in [0.15, 0.2) is 47.4 Å². The summed E-state index contributed by atoms with van der Waals surface area (Å²) in [5.74, 6) is 0. The summed E-state index contributed by atoms with van der Waals surface area (Å²) in [5.41, 5.74) is 4.01. The van der Waals surface area contributed by atoms with E-state index in [9.17, 15) is 13.2 Å². The first-order valence-electron chi connectivity index (χ1n) is 8.01. The number of rotatable bonds is 5. The van der Waals surface area contributed by atoms with E-state index in [-0.39, 0.29) is 4.90 Å². The molecular weight excluding hydrogens is 336 g/mol. The van der Waals surface area contributed by atoms with Crippen LogP contribution in [-0.2, 0) is 16.4 Å². The second-order valence-corrected chi connectivity index (χ2v) is 8.23. The summed E-state index contributed by atoms with van der Waals surface area (Å²) in [6.45, 7) is 2.08. The van der Waals surface area contributed by atoms with E-state index in [4.69, 9.17) is 0 Å². The number of aryl methyl sites for hydroxylation is 1. The number of H-pyrrole nitrogens is 1. The van der Waals surface area contributed by atoms with Crippen molar-refractivity contribution >= 4 is 27.2 Å². The number of aldehydes is 1. The molecule has 3 rings (SSSR count). The van der Waals surface area contributed by atoms with Gasteiger partial charge in [-0.25, -0.2) is 12.7 Å². The molecule has 0 aliphatic rings. The number of aromatic nitrogens is 1. The van der Waals surface area contributed by atoms with Crippen molar-refractivity contribution in [3.05, 3.63) is 53.6 Å².